The van der Waals surface area contributed by atoms with Crippen molar-refractivity contribution in [3.63, 3.8) is 0 Å². The third-order valence-corrected chi connectivity index (χ3v) is 3.00. The molecule has 0 saturated carbocycles. The second-order valence-corrected chi connectivity index (χ2v) is 5.38. The molecule has 0 aromatic heterocycles. The molecule has 3 N–H and O–H groups in total. The Balaban J connectivity index is 3.90. The minimum Gasteiger partial charge on any atom is -0.243 e. The second-order valence-electron chi connectivity index (χ2n) is 2.20. The fraction of sp³-hybridized carbons (Fsp3) is 1.00. The Labute approximate surface area is 69.0 Å². The first-order valence-electron chi connectivity index (χ1n) is 2.92. The molecule has 0 aromatic rings. The van der Waals surface area contributed by atoms with Gasteiger partial charge in [0.2, 0.25) is 10.0 Å². The van der Waals surface area contributed by atoms with Crippen molar-refractivity contribution >= 4 is 21.0 Å². The van der Waals surface area contributed by atoms with Gasteiger partial charge in [0, 0.05) is 12.8 Å². The summed E-state index contributed by atoms with van der Waals surface area (Å²) in [6.07, 6.45) is 1.43. The van der Waals surface area contributed by atoms with Crippen LogP contribution in [0.1, 0.15) is 6.92 Å². The molecule has 68 valence electrons. The van der Waals surface area contributed by atoms with Crippen molar-refractivity contribution in [1.82, 2.24) is 4.72 Å². The maximum atomic E-state index is 10.6. The van der Waals surface area contributed by atoms with Crippen LogP contribution in [0.25, 0.3) is 0 Å². The van der Waals surface area contributed by atoms with Gasteiger partial charge in [-0.05, 0) is 6.92 Å². The van der Waals surface area contributed by atoms with E-state index in [4.69, 9.17) is 5.14 Å². The smallest absolute Gasteiger partial charge is 0.212 e. The standard InChI is InChI=1S/C4H12N2O3S2/c1-4(11(5,8)9)3-6-10(2)7/h4,6H,3H2,1-2H3,(H2,5,8,9). The zero-order valence-electron chi connectivity index (χ0n) is 6.40. The molecule has 0 radical (unpaired) electrons. The Morgan fingerprint density at radius 1 is 1.64 bits per heavy atom. The molecule has 0 rings (SSSR count). The van der Waals surface area contributed by atoms with Crippen molar-refractivity contribution in [2.24, 2.45) is 5.14 Å². The lowest BCUT2D eigenvalue weighted by Gasteiger charge is -2.07. The maximum Gasteiger partial charge on any atom is 0.212 e. The largest absolute Gasteiger partial charge is 0.243 e. The highest BCUT2D eigenvalue weighted by Crippen LogP contribution is 1.91. The second kappa shape index (κ2) is 4.15. The van der Waals surface area contributed by atoms with E-state index in [0.29, 0.717) is 0 Å². The van der Waals surface area contributed by atoms with E-state index in [1.165, 1.54) is 13.2 Å². The summed E-state index contributed by atoms with van der Waals surface area (Å²) in [6.45, 7) is 1.57. The Kier molecular flexibility index (Phi) is 4.16. The Bertz CT molecular complexity index is 236. The van der Waals surface area contributed by atoms with E-state index in [0.717, 1.165) is 0 Å². The van der Waals surface area contributed by atoms with Crippen LogP contribution >= 0.6 is 0 Å². The van der Waals surface area contributed by atoms with Gasteiger partial charge in [-0.15, -0.1) is 0 Å². The SMILES string of the molecule is CC(CNS(C)=O)S(N)(=O)=O. The number of nitrogens with one attached hydrogen (secondary N) is 1. The fourth-order valence-electron chi connectivity index (χ4n) is 0.351. The van der Waals surface area contributed by atoms with Crippen LogP contribution in [0, 0.1) is 0 Å². The van der Waals surface area contributed by atoms with E-state index >= 15 is 0 Å². The Hall–Kier alpha value is 0.0200. The molecule has 5 nitrogen and oxygen atoms in total. The number of primary sulfonamides is 1. The van der Waals surface area contributed by atoms with E-state index in [-0.39, 0.29) is 6.54 Å². The van der Waals surface area contributed by atoms with Gasteiger partial charge in [0.25, 0.3) is 0 Å². The summed E-state index contributed by atoms with van der Waals surface area (Å²) in [7, 11) is -4.69. The molecule has 0 aliphatic carbocycles. The Morgan fingerprint density at radius 2 is 2.09 bits per heavy atom. The predicted molar refractivity (Wildman–Crippen MR) is 44.6 cm³/mol. The lowest BCUT2D eigenvalue weighted by Crippen LogP contribution is -2.35. The number of rotatable bonds is 4. The molecule has 0 aliphatic heterocycles. The van der Waals surface area contributed by atoms with Crippen LogP contribution in [0.3, 0.4) is 0 Å². The van der Waals surface area contributed by atoms with Gasteiger partial charge < -0.3 is 0 Å². The highest BCUT2D eigenvalue weighted by Gasteiger charge is 2.14. The van der Waals surface area contributed by atoms with Crippen LogP contribution in [0.15, 0.2) is 0 Å². The minimum atomic E-state index is -3.50. The highest BCUT2D eigenvalue weighted by atomic mass is 32.2. The first-order valence-corrected chi connectivity index (χ1v) is 6.09. The van der Waals surface area contributed by atoms with E-state index < -0.39 is 26.3 Å². The van der Waals surface area contributed by atoms with Crippen molar-refractivity contribution in [3.05, 3.63) is 0 Å². The summed E-state index contributed by atoms with van der Waals surface area (Å²) >= 11 is 0. The van der Waals surface area contributed by atoms with Gasteiger partial charge in [-0.1, -0.05) is 0 Å². The zero-order valence-corrected chi connectivity index (χ0v) is 8.04. The molecule has 0 fully saturated rings. The van der Waals surface area contributed by atoms with Crippen LogP contribution in [0.2, 0.25) is 0 Å². The molecule has 0 aliphatic rings. The monoisotopic (exact) mass is 200 g/mol. The quantitative estimate of drug-likeness (QED) is 0.581. The molecule has 7 heteroatoms. The normalized spacial score (nSPS) is 17.7. The van der Waals surface area contributed by atoms with Gasteiger partial charge in [0.15, 0.2) is 0 Å². The lowest BCUT2D eigenvalue weighted by molar-refractivity contribution is 0.583. The van der Waals surface area contributed by atoms with Crippen LogP contribution in [-0.4, -0.2) is 30.7 Å². The summed E-state index contributed by atoms with van der Waals surface area (Å²) in [5.74, 6) is 0. The molecule has 0 saturated heterocycles. The summed E-state index contributed by atoms with van der Waals surface area (Å²) in [6, 6.07) is 0. The summed E-state index contributed by atoms with van der Waals surface area (Å²) in [5, 5.41) is 4.10. The minimum absolute atomic E-state index is 0.113. The van der Waals surface area contributed by atoms with Gasteiger partial charge in [0.05, 0.1) is 16.2 Å². The van der Waals surface area contributed by atoms with Crippen LogP contribution in [0.5, 0.6) is 0 Å². The topological polar surface area (TPSA) is 89.3 Å². The molecule has 2 unspecified atom stereocenters. The summed E-state index contributed by atoms with van der Waals surface area (Å²) in [5.41, 5.74) is 0. The zero-order chi connectivity index (χ0) is 9.07. The highest BCUT2D eigenvalue weighted by molar-refractivity contribution is 7.89. The molecule has 0 amide bonds. The first kappa shape index (κ1) is 11.0. The number of sulfonamides is 1. The molecule has 0 spiro atoms. The molecular weight excluding hydrogens is 188 g/mol. The summed E-state index contributed by atoms with van der Waals surface area (Å²) in [4.78, 5) is 0. The van der Waals surface area contributed by atoms with Crippen molar-refractivity contribution in [2.45, 2.75) is 12.2 Å². The van der Waals surface area contributed by atoms with Gasteiger partial charge in [-0.25, -0.2) is 22.5 Å². The molecule has 0 aromatic carbocycles. The third kappa shape index (κ3) is 5.31. The average molecular weight is 200 g/mol. The van der Waals surface area contributed by atoms with Gasteiger partial charge >= 0.3 is 0 Å². The first-order chi connectivity index (χ1) is 4.84. The fourth-order valence-corrected chi connectivity index (χ4v) is 1.26. The number of hydrogen-bond acceptors (Lipinski definition) is 3. The van der Waals surface area contributed by atoms with E-state index in [9.17, 15) is 12.6 Å². The van der Waals surface area contributed by atoms with Crippen LogP contribution in [0.4, 0.5) is 0 Å². The van der Waals surface area contributed by atoms with E-state index in [1.54, 1.807) is 0 Å². The van der Waals surface area contributed by atoms with E-state index in [2.05, 4.69) is 4.72 Å². The molecule has 0 heterocycles. The Morgan fingerprint density at radius 3 is 2.36 bits per heavy atom. The van der Waals surface area contributed by atoms with Gasteiger partial charge in [0.1, 0.15) is 0 Å². The average Bonchev–Trinajstić information content (AvgIpc) is 1.80. The van der Waals surface area contributed by atoms with Crippen molar-refractivity contribution in [1.29, 1.82) is 0 Å². The van der Waals surface area contributed by atoms with Gasteiger partial charge in [-0.3, -0.25) is 0 Å². The number of hydrogen-bond donors (Lipinski definition) is 2. The molecule has 2 atom stereocenters. The van der Waals surface area contributed by atoms with Crippen molar-refractivity contribution in [2.75, 3.05) is 12.8 Å². The van der Waals surface area contributed by atoms with Crippen molar-refractivity contribution < 1.29 is 12.6 Å². The van der Waals surface area contributed by atoms with Crippen LogP contribution < -0.4 is 9.86 Å². The van der Waals surface area contributed by atoms with E-state index in [1.807, 2.05) is 0 Å². The molecular formula is C4H12N2O3S2. The maximum absolute atomic E-state index is 10.6. The third-order valence-electron chi connectivity index (χ3n) is 1.13. The van der Waals surface area contributed by atoms with Crippen LogP contribution in [-0.2, 0) is 21.0 Å². The predicted octanol–water partition coefficient (Wildman–Crippen LogP) is -1.45. The lowest BCUT2D eigenvalue weighted by atomic mass is 10.5. The van der Waals surface area contributed by atoms with Crippen molar-refractivity contribution in [3.8, 4) is 0 Å². The van der Waals surface area contributed by atoms with Gasteiger partial charge in [-0.2, -0.15) is 0 Å². The molecule has 0 bridgehead atoms. The molecule has 11 heavy (non-hydrogen) atoms. The number of nitrogens with two attached hydrogens (primary N) is 1. The summed E-state index contributed by atoms with van der Waals surface area (Å²) < 4.78 is 34.1.